The standard InChI is InChI=1S/C24H30F3N3O4S2/c1-3-34-23(31)15-30-22-10-6-9-21(20(22)14-28-30)29(2)36(32,33)19-12-16(24(25,26)27)11-18(13-19)35-17-7-4-5-8-17/h11-14,17,21H,3-10,15H2,1-2H3/t21-/m1/s1. The van der Waals surface area contributed by atoms with Gasteiger partial charge in [-0.05, 0) is 57.2 Å². The Bertz CT molecular complexity index is 1210. The summed E-state index contributed by atoms with van der Waals surface area (Å²) < 4.78 is 76.0. The fourth-order valence-corrected chi connectivity index (χ4v) is 7.78. The maximum absolute atomic E-state index is 13.7. The predicted octanol–water partition coefficient (Wildman–Crippen LogP) is 5.20. The zero-order chi connectivity index (χ0) is 26.1. The van der Waals surface area contributed by atoms with Gasteiger partial charge in [0.25, 0.3) is 0 Å². The van der Waals surface area contributed by atoms with Gasteiger partial charge >= 0.3 is 12.1 Å². The number of thioether (sulfide) groups is 1. The molecule has 1 aromatic heterocycles. The summed E-state index contributed by atoms with van der Waals surface area (Å²) in [6.07, 6.45) is 2.50. The minimum absolute atomic E-state index is 0.0816. The van der Waals surface area contributed by atoms with Crippen LogP contribution < -0.4 is 0 Å². The number of rotatable bonds is 8. The van der Waals surface area contributed by atoms with E-state index in [1.54, 1.807) is 6.92 Å². The SMILES string of the molecule is CCOC(=O)Cn1ncc2c1CCC[C@H]2N(C)S(=O)(=O)c1cc(SC2CCCC2)cc(C(F)(F)F)c1. The van der Waals surface area contributed by atoms with E-state index in [0.29, 0.717) is 29.7 Å². The molecule has 36 heavy (non-hydrogen) atoms. The summed E-state index contributed by atoms with van der Waals surface area (Å²) in [4.78, 5) is 11.9. The summed E-state index contributed by atoms with van der Waals surface area (Å²) in [6, 6.07) is 2.52. The number of aromatic nitrogens is 2. The van der Waals surface area contributed by atoms with Gasteiger partial charge in [-0.2, -0.15) is 22.6 Å². The number of fused-ring (bicyclic) bond motifs is 1. The van der Waals surface area contributed by atoms with Crippen LogP contribution in [-0.2, 0) is 38.7 Å². The molecule has 0 amide bonds. The van der Waals surface area contributed by atoms with E-state index >= 15 is 0 Å². The van der Waals surface area contributed by atoms with Crippen molar-refractivity contribution in [3.63, 3.8) is 0 Å². The summed E-state index contributed by atoms with van der Waals surface area (Å²) in [7, 11) is -2.86. The Morgan fingerprint density at radius 3 is 2.58 bits per heavy atom. The van der Waals surface area contributed by atoms with Gasteiger partial charge in [0.15, 0.2) is 0 Å². The van der Waals surface area contributed by atoms with E-state index in [2.05, 4.69) is 5.10 Å². The highest BCUT2D eigenvalue weighted by molar-refractivity contribution is 8.00. The number of benzene rings is 1. The molecule has 2 aliphatic rings. The Kier molecular flexibility index (Phi) is 8.06. The van der Waals surface area contributed by atoms with Crippen molar-refractivity contribution in [3.05, 3.63) is 41.2 Å². The normalized spacial score (nSPS) is 19.0. The Balaban J connectivity index is 1.65. The van der Waals surface area contributed by atoms with Gasteiger partial charge in [0.2, 0.25) is 10.0 Å². The number of alkyl halides is 3. The highest BCUT2D eigenvalue weighted by atomic mass is 32.2. The highest BCUT2D eigenvalue weighted by Crippen LogP contribution is 2.41. The summed E-state index contributed by atoms with van der Waals surface area (Å²) in [5, 5.41) is 4.46. The van der Waals surface area contributed by atoms with Gasteiger partial charge < -0.3 is 4.74 Å². The van der Waals surface area contributed by atoms with E-state index < -0.39 is 33.8 Å². The highest BCUT2D eigenvalue weighted by Gasteiger charge is 2.37. The zero-order valence-electron chi connectivity index (χ0n) is 20.3. The number of nitrogens with zero attached hydrogens (tertiary/aromatic N) is 3. The lowest BCUT2D eigenvalue weighted by molar-refractivity contribution is -0.144. The van der Waals surface area contributed by atoms with Crippen LogP contribution >= 0.6 is 11.8 Å². The van der Waals surface area contributed by atoms with Gasteiger partial charge in [0, 0.05) is 28.5 Å². The van der Waals surface area contributed by atoms with E-state index in [0.717, 1.165) is 47.8 Å². The first-order chi connectivity index (χ1) is 17.0. The third-order valence-electron chi connectivity index (χ3n) is 6.74. The number of ether oxygens (including phenoxy) is 1. The van der Waals surface area contributed by atoms with Crippen molar-refractivity contribution in [1.82, 2.24) is 14.1 Å². The Morgan fingerprint density at radius 1 is 1.19 bits per heavy atom. The average Bonchev–Trinajstić information content (AvgIpc) is 3.48. The maximum atomic E-state index is 13.7. The monoisotopic (exact) mass is 545 g/mol. The molecule has 1 saturated carbocycles. The average molecular weight is 546 g/mol. The minimum atomic E-state index is -4.67. The van der Waals surface area contributed by atoms with E-state index in [1.807, 2.05) is 0 Å². The van der Waals surface area contributed by atoms with Crippen LogP contribution in [-0.4, -0.2) is 47.4 Å². The molecule has 12 heteroatoms. The van der Waals surface area contributed by atoms with Crippen LogP contribution in [0, 0.1) is 0 Å². The summed E-state index contributed by atoms with van der Waals surface area (Å²) >= 11 is 1.32. The van der Waals surface area contributed by atoms with Crippen molar-refractivity contribution in [2.45, 2.75) is 85.7 Å². The second-order valence-corrected chi connectivity index (χ2v) is 12.5. The molecule has 0 unspecified atom stereocenters. The zero-order valence-corrected chi connectivity index (χ0v) is 21.9. The van der Waals surface area contributed by atoms with Gasteiger partial charge in [-0.3, -0.25) is 9.48 Å². The molecule has 1 heterocycles. The number of sulfonamides is 1. The van der Waals surface area contributed by atoms with Gasteiger partial charge in [0.1, 0.15) is 6.54 Å². The van der Waals surface area contributed by atoms with Crippen molar-refractivity contribution in [3.8, 4) is 0 Å². The third-order valence-corrected chi connectivity index (χ3v) is 9.90. The van der Waals surface area contributed by atoms with Crippen LogP contribution in [0.2, 0.25) is 0 Å². The topological polar surface area (TPSA) is 81.5 Å². The molecule has 2 aromatic rings. The quantitative estimate of drug-likeness (QED) is 0.425. The van der Waals surface area contributed by atoms with Gasteiger partial charge in [-0.15, -0.1) is 11.8 Å². The fraction of sp³-hybridized carbons (Fsp3) is 0.583. The van der Waals surface area contributed by atoms with Crippen LogP contribution in [0.15, 0.2) is 34.2 Å². The number of carbonyl (C=O) groups excluding carboxylic acids is 1. The molecule has 4 rings (SSSR count). The molecule has 0 aliphatic heterocycles. The number of hydrogen-bond acceptors (Lipinski definition) is 6. The predicted molar refractivity (Wildman–Crippen MR) is 129 cm³/mol. The summed E-state index contributed by atoms with van der Waals surface area (Å²) in [5.41, 5.74) is 0.427. The van der Waals surface area contributed by atoms with Crippen LogP contribution in [0.25, 0.3) is 0 Å². The van der Waals surface area contributed by atoms with E-state index in [-0.39, 0.29) is 23.3 Å². The Hall–Kier alpha value is -2.05. The lowest BCUT2D eigenvalue weighted by Crippen LogP contribution is -2.33. The molecule has 0 spiro atoms. The van der Waals surface area contributed by atoms with Crippen molar-refractivity contribution in [1.29, 1.82) is 0 Å². The molecular weight excluding hydrogens is 515 g/mol. The molecule has 0 N–H and O–H groups in total. The van der Waals surface area contributed by atoms with Gasteiger partial charge in [-0.25, -0.2) is 8.42 Å². The largest absolute Gasteiger partial charge is 0.465 e. The molecular formula is C24H30F3N3O4S2. The second-order valence-electron chi connectivity index (χ2n) is 9.15. The second kappa shape index (κ2) is 10.7. The van der Waals surface area contributed by atoms with Crippen LogP contribution in [0.5, 0.6) is 0 Å². The van der Waals surface area contributed by atoms with Gasteiger partial charge in [-0.1, -0.05) is 12.8 Å². The Morgan fingerprint density at radius 2 is 1.92 bits per heavy atom. The molecule has 1 aromatic carbocycles. The molecule has 198 valence electrons. The molecule has 7 nitrogen and oxygen atoms in total. The first-order valence-corrected chi connectivity index (χ1v) is 14.4. The summed E-state index contributed by atoms with van der Waals surface area (Å²) in [6.45, 7) is 1.86. The smallest absolute Gasteiger partial charge is 0.416 e. The minimum Gasteiger partial charge on any atom is -0.465 e. The third kappa shape index (κ3) is 5.75. The molecule has 0 radical (unpaired) electrons. The van der Waals surface area contributed by atoms with E-state index in [4.69, 9.17) is 4.74 Å². The first kappa shape index (κ1) is 27.0. The first-order valence-electron chi connectivity index (χ1n) is 12.1. The number of halogens is 3. The molecule has 0 saturated heterocycles. The van der Waals surface area contributed by atoms with E-state index in [9.17, 15) is 26.4 Å². The number of hydrogen-bond donors (Lipinski definition) is 0. The fourth-order valence-electron chi connectivity index (χ4n) is 4.92. The van der Waals surface area contributed by atoms with E-state index in [1.165, 1.54) is 35.8 Å². The maximum Gasteiger partial charge on any atom is 0.416 e. The number of carbonyl (C=O) groups is 1. The van der Waals surface area contributed by atoms with Crippen LogP contribution in [0.3, 0.4) is 0 Å². The van der Waals surface area contributed by atoms with Crippen LogP contribution in [0.1, 0.15) is 68.3 Å². The van der Waals surface area contributed by atoms with Crippen molar-refractivity contribution < 1.29 is 31.1 Å². The summed E-state index contributed by atoms with van der Waals surface area (Å²) in [5.74, 6) is -0.442. The lowest BCUT2D eigenvalue weighted by Gasteiger charge is -2.31. The van der Waals surface area contributed by atoms with Crippen molar-refractivity contribution >= 4 is 27.8 Å². The Labute approximate surface area is 213 Å². The number of esters is 1. The van der Waals surface area contributed by atoms with Crippen LogP contribution in [0.4, 0.5) is 13.2 Å². The molecule has 1 fully saturated rings. The van der Waals surface area contributed by atoms with Gasteiger partial charge in [0.05, 0.1) is 29.3 Å². The molecule has 2 aliphatic carbocycles. The molecule has 1 atom stereocenters. The van der Waals surface area contributed by atoms with Crippen molar-refractivity contribution in [2.75, 3.05) is 13.7 Å². The molecule has 0 bridgehead atoms. The lowest BCUT2D eigenvalue weighted by atomic mass is 9.93. The van der Waals surface area contributed by atoms with Crippen molar-refractivity contribution in [2.24, 2.45) is 0 Å².